The summed E-state index contributed by atoms with van der Waals surface area (Å²) in [5.74, 6) is 0. The van der Waals surface area contributed by atoms with Gasteiger partial charge in [-0.1, -0.05) is 5.16 Å². The van der Waals surface area contributed by atoms with Gasteiger partial charge in [0.1, 0.15) is 6.34 Å². The quantitative estimate of drug-likeness (QED) is 0.324. The Kier molecular flexibility index (Phi) is 5.20. The molecule has 6 nitrogen and oxygen atoms in total. The minimum Gasteiger partial charge on any atom is -0.410 e. The number of β-amino-alcohol motifs (C(OH)–C–C–N with tert-alkyl or cyclic N) is 1. The van der Waals surface area contributed by atoms with Crippen molar-refractivity contribution in [2.75, 3.05) is 49.5 Å². The third-order valence-electron chi connectivity index (χ3n) is 3.61. The van der Waals surface area contributed by atoms with Crippen molar-refractivity contribution in [3.05, 3.63) is 23.8 Å². The van der Waals surface area contributed by atoms with Crippen LogP contribution in [0.4, 0.5) is 11.4 Å². The first kappa shape index (κ1) is 14.6. The SMILES string of the molecule is Cc1cc(N/C=N/O)ccc1N1CCN(CCO)CC1. The van der Waals surface area contributed by atoms with Gasteiger partial charge in [0.15, 0.2) is 0 Å². The molecule has 20 heavy (non-hydrogen) atoms. The van der Waals surface area contributed by atoms with Gasteiger partial charge in [0, 0.05) is 44.1 Å². The van der Waals surface area contributed by atoms with Crippen LogP contribution < -0.4 is 10.2 Å². The Bertz CT molecular complexity index is 456. The molecule has 110 valence electrons. The molecule has 0 amide bonds. The molecule has 0 bridgehead atoms. The topological polar surface area (TPSA) is 71.3 Å². The van der Waals surface area contributed by atoms with E-state index >= 15 is 0 Å². The van der Waals surface area contributed by atoms with E-state index in [0.717, 1.165) is 38.4 Å². The van der Waals surface area contributed by atoms with Crippen molar-refractivity contribution >= 4 is 17.7 Å². The van der Waals surface area contributed by atoms with Gasteiger partial charge in [0.25, 0.3) is 0 Å². The van der Waals surface area contributed by atoms with Crippen molar-refractivity contribution in [1.82, 2.24) is 4.90 Å². The molecular weight excluding hydrogens is 256 g/mol. The number of benzene rings is 1. The minimum absolute atomic E-state index is 0.228. The van der Waals surface area contributed by atoms with Crippen LogP contribution in [0.5, 0.6) is 0 Å². The van der Waals surface area contributed by atoms with Gasteiger partial charge in [-0.2, -0.15) is 0 Å². The highest BCUT2D eigenvalue weighted by Crippen LogP contribution is 2.24. The lowest BCUT2D eigenvalue weighted by Gasteiger charge is -2.36. The molecule has 1 aliphatic heterocycles. The normalized spacial score (nSPS) is 16.8. The average molecular weight is 278 g/mol. The molecule has 1 aromatic rings. The van der Waals surface area contributed by atoms with Crippen LogP contribution in [0.25, 0.3) is 0 Å². The summed E-state index contributed by atoms with van der Waals surface area (Å²) in [6.07, 6.45) is 1.25. The van der Waals surface area contributed by atoms with E-state index in [4.69, 9.17) is 10.3 Å². The molecule has 1 aromatic carbocycles. The summed E-state index contributed by atoms with van der Waals surface area (Å²) in [4.78, 5) is 4.65. The molecule has 6 heteroatoms. The van der Waals surface area contributed by atoms with Gasteiger partial charge in [0.05, 0.1) is 6.61 Å². The number of aliphatic hydroxyl groups is 1. The van der Waals surface area contributed by atoms with Gasteiger partial charge in [-0.3, -0.25) is 4.90 Å². The third kappa shape index (κ3) is 3.61. The maximum atomic E-state index is 8.96. The third-order valence-corrected chi connectivity index (χ3v) is 3.61. The van der Waals surface area contributed by atoms with Crippen molar-refractivity contribution in [2.24, 2.45) is 5.16 Å². The fraction of sp³-hybridized carbons (Fsp3) is 0.500. The maximum absolute atomic E-state index is 8.96. The molecule has 3 N–H and O–H groups in total. The number of nitrogens with one attached hydrogen (secondary N) is 1. The zero-order valence-corrected chi connectivity index (χ0v) is 11.8. The highest BCUT2D eigenvalue weighted by molar-refractivity contribution is 5.76. The number of aryl methyl sites for hydroxylation is 1. The molecule has 0 aliphatic carbocycles. The van der Waals surface area contributed by atoms with E-state index in [-0.39, 0.29) is 6.61 Å². The van der Waals surface area contributed by atoms with Crippen LogP contribution in [0.1, 0.15) is 5.56 Å². The second-order valence-electron chi connectivity index (χ2n) is 4.94. The molecule has 0 unspecified atom stereocenters. The van der Waals surface area contributed by atoms with E-state index in [1.54, 1.807) is 0 Å². The number of nitrogens with zero attached hydrogens (tertiary/aromatic N) is 3. The smallest absolute Gasteiger partial charge is 0.132 e. The van der Waals surface area contributed by atoms with Gasteiger partial charge in [-0.15, -0.1) is 0 Å². The predicted octanol–water partition coefficient (Wildman–Crippen LogP) is 0.939. The van der Waals surface area contributed by atoms with Gasteiger partial charge in [-0.25, -0.2) is 0 Å². The van der Waals surface area contributed by atoms with Gasteiger partial charge >= 0.3 is 0 Å². The number of hydrogen-bond acceptors (Lipinski definition) is 5. The number of hydrogen-bond donors (Lipinski definition) is 3. The molecule has 0 saturated carbocycles. The van der Waals surface area contributed by atoms with E-state index < -0.39 is 0 Å². The van der Waals surface area contributed by atoms with E-state index in [0.29, 0.717) is 0 Å². The lowest BCUT2D eigenvalue weighted by molar-refractivity contribution is 0.188. The summed E-state index contributed by atoms with van der Waals surface area (Å²) in [6, 6.07) is 6.10. The van der Waals surface area contributed by atoms with Crippen LogP contribution >= 0.6 is 0 Å². The molecular formula is C14H22N4O2. The predicted molar refractivity (Wildman–Crippen MR) is 80.8 cm³/mol. The van der Waals surface area contributed by atoms with Crippen molar-refractivity contribution < 1.29 is 10.3 Å². The molecule has 0 radical (unpaired) electrons. The first-order chi connectivity index (χ1) is 9.74. The average Bonchev–Trinajstić information content (AvgIpc) is 2.47. The van der Waals surface area contributed by atoms with Crippen LogP contribution in [0.2, 0.25) is 0 Å². The molecule has 1 heterocycles. The summed E-state index contributed by atoms with van der Waals surface area (Å²) in [7, 11) is 0. The van der Waals surface area contributed by atoms with Crippen molar-refractivity contribution in [2.45, 2.75) is 6.92 Å². The van der Waals surface area contributed by atoms with Crippen LogP contribution in [0.3, 0.4) is 0 Å². The number of rotatable bonds is 5. The Hall–Kier alpha value is -1.79. The van der Waals surface area contributed by atoms with Gasteiger partial charge in [0.2, 0.25) is 0 Å². The van der Waals surface area contributed by atoms with Crippen molar-refractivity contribution in [3.8, 4) is 0 Å². The summed E-state index contributed by atoms with van der Waals surface area (Å²) >= 11 is 0. The Morgan fingerprint density at radius 3 is 2.65 bits per heavy atom. The molecule has 0 spiro atoms. The second-order valence-corrected chi connectivity index (χ2v) is 4.94. The minimum atomic E-state index is 0.228. The Labute approximate surface area is 119 Å². The highest BCUT2D eigenvalue weighted by Gasteiger charge is 2.17. The Balaban J connectivity index is 1.99. The zero-order chi connectivity index (χ0) is 14.4. The monoisotopic (exact) mass is 278 g/mol. The molecule has 0 atom stereocenters. The second kappa shape index (κ2) is 7.12. The molecule has 2 rings (SSSR count). The maximum Gasteiger partial charge on any atom is 0.132 e. The Morgan fingerprint density at radius 1 is 1.30 bits per heavy atom. The summed E-state index contributed by atoms with van der Waals surface area (Å²) in [6.45, 7) is 6.99. The highest BCUT2D eigenvalue weighted by atomic mass is 16.4. The van der Waals surface area contributed by atoms with E-state index in [1.807, 2.05) is 12.1 Å². The van der Waals surface area contributed by atoms with Crippen molar-refractivity contribution in [1.29, 1.82) is 0 Å². The lowest BCUT2D eigenvalue weighted by atomic mass is 10.1. The molecule has 1 saturated heterocycles. The van der Waals surface area contributed by atoms with Crippen LogP contribution in [-0.4, -0.2) is 60.9 Å². The van der Waals surface area contributed by atoms with Crippen LogP contribution in [-0.2, 0) is 0 Å². The Morgan fingerprint density at radius 2 is 2.05 bits per heavy atom. The standard InChI is InChI=1S/C14H22N4O2/c1-12-10-13(15-11-16-20)2-3-14(12)18-6-4-17(5-7-18)8-9-19/h2-3,10-11,19-20H,4-9H2,1H3,(H,15,16). The number of anilines is 2. The van der Waals surface area contributed by atoms with Crippen LogP contribution in [0.15, 0.2) is 23.4 Å². The fourth-order valence-corrected chi connectivity index (χ4v) is 2.56. The first-order valence-corrected chi connectivity index (χ1v) is 6.86. The molecule has 0 aromatic heterocycles. The van der Waals surface area contributed by atoms with Crippen molar-refractivity contribution in [3.63, 3.8) is 0 Å². The van der Waals surface area contributed by atoms with E-state index in [9.17, 15) is 0 Å². The van der Waals surface area contributed by atoms with Crippen LogP contribution in [0, 0.1) is 6.92 Å². The number of aliphatic hydroxyl groups excluding tert-OH is 1. The fourth-order valence-electron chi connectivity index (χ4n) is 2.56. The lowest BCUT2D eigenvalue weighted by Crippen LogP contribution is -2.47. The van der Waals surface area contributed by atoms with E-state index in [2.05, 4.69) is 33.3 Å². The van der Waals surface area contributed by atoms with Gasteiger partial charge < -0.3 is 20.5 Å². The molecule has 1 fully saturated rings. The zero-order valence-electron chi connectivity index (χ0n) is 11.8. The first-order valence-electron chi connectivity index (χ1n) is 6.86. The molecule has 1 aliphatic rings. The largest absolute Gasteiger partial charge is 0.410 e. The summed E-state index contributed by atoms with van der Waals surface area (Å²) < 4.78 is 0. The summed E-state index contributed by atoms with van der Waals surface area (Å²) in [5, 5.41) is 23.2. The van der Waals surface area contributed by atoms with E-state index in [1.165, 1.54) is 17.6 Å². The number of piperazine rings is 1. The number of oxime groups is 1. The van der Waals surface area contributed by atoms with Gasteiger partial charge in [-0.05, 0) is 30.7 Å². The summed E-state index contributed by atoms with van der Waals surface area (Å²) in [5.41, 5.74) is 3.33.